The number of halogens is 2. The summed E-state index contributed by atoms with van der Waals surface area (Å²) in [6, 6.07) is 4.00. The van der Waals surface area contributed by atoms with Crippen LogP contribution in [-0.2, 0) is 5.33 Å². The zero-order chi connectivity index (χ0) is 9.42. The van der Waals surface area contributed by atoms with Crippen molar-refractivity contribution in [2.24, 2.45) is 0 Å². The van der Waals surface area contributed by atoms with Gasteiger partial charge in [-0.2, -0.15) is 0 Å². The smallest absolute Gasteiger partial charge is 0.198 e. The van der Waals surface area contributed by atoms with Gasteiger partial charge in [0.25, 0.3) is 0 Å². The van der Waals surface area contributed by atoms with E-state index >= 15 is 0 Å². The Morgan fingerprint density at radius 1 is 1.46 bits per heavy atom. The number of nitrogens with zero attached hydrogens (tertiary/aromatic N) is 1. The highest BCUT2D eigenvalue weighted by Crippen LogP contribution is 2.27. The van der Waals surface area contributed by atoms with Gasteiger partial charge in [0.05, 0.1) is 5.52 Å². The fraction of sp³-hybridized carbons (Fsp3) is 0.125. The molecule has 0 saturated heterocycles. The molecule has 0 amide bonds. The first-order valence-electron chi connectivity index (χ1n) is 3.71. The molecule has 2 aromatic rings. The second-order valence-electron chi connectivity index (χ2n) is 2.69. The molecule has 3 N–H and O–H groups in total. The number of H-pyrrole nitrogens is 1. The first-order chi connectivity index (χ1) is 6.22. The van der Waals surface area contributed by atoms with Gasteiger partial charge in [0, 0.05) is 9.80 Å². The predicted octanol–water partition coefficient (Wildman–Crippen LogP) is 2.80. The lowest BCUT2D eigenvalue weighted by Crippen LogP contribution is -1.84. The van der Waals surface area contributed by atoms with Gasteiger partial charge in [0.2, 0.25) is 0 Å². The molecule has 0 bridgehead atoms. The Morgan fingerprint density at radius 3 is 2.92 bits per heavy atom. The second-order valence-corrected chi connectivity index (χ2v) is 4.04. The number of hydrogen-bond acceptors (Lipinski definition) is 2. The maximum absolute atomic E-state index is 5.55. The Labute approximate surface area is 92.0 Å². The number of hydrogen-bond donors (Lipinski definition) is 2. The van der Waals surface area contributed by atoms with Crippen LogP contribution in [-0.4, -0.2) is 9.97 Å². The summed E-state index contributed by atoms with van der Waals surface area (Å²) in [5.74, 6) is 0.447. The number of anilines is 1. The van der Waals surface area contributed by atoms with Crippen LogP contribution in [0.25, 0.3) is 11.0 Å². The summed E-state index contributed by atoms with van der Waals surface area (Å²) >= 11 is 6.89. The minimum Gasteiger partial charge on any atom is -0.369 e. The van der Waals surface area contributed by atoms with Crippen molar-refractivity contribution in [1.82, 2.24) is 9.97 Å². The zero-order valence-electron chi connectivity index (χ0n) is 6.64. The standard InChI is InChI=1S/C8H7Br2N3/c9-3-4-1-2-5-7(6(4)10)13-8(11)12-5/h1-2H,3H2,(H3,11,12,13). The summed E-state index contributed by atoms with van der Waals surface area (Å²) in [5.41, 5.74) is 8.55. The molecule has 1 aromatic heterocycles. The van der Waals surface area contributed by atoms with Gasteiger partial charge in [-0.3, -0.25) is 0 Å². The van der Waals surface area contributed by atoms with Crippen LogP contribution in [0.5, 0.6) is 0 Å². The quantitative estimate of drug-likeness (QED) is 0.796. The van der Waals surface area contributed by atoms with Gasteiger partial charge < -0.3 is 10.7 Å². The lowest BCUT2D eigenvalue weighted by Gasteiger charge is -1.99. The molecule has 0 aliphatic heterocycles. The lowest BCUT2D eigenvalue weighted by molar-refractivity contribution is 1.35. The molecule has 0 aliphatic carbocycles. The van der Waals surface area contributed by atoms with E-state index in [1.807, 2.05) is 12.1 Å². The van der Waals surface area contributed by atoms with Gasteiger partial charge in [-0.15, -0.1) is 0 Å². The molecular weight excluding hydrogens is 298 g/mol. The van der Waals surface area contributed by atoms with E-state index in [0.29, 0.717) is 5.95 Å². The summed E-state index contributed by atoms with van der Waals surface area (Å²) in [7, 11) is 0. The van der Waals surface area contributed by atoms with Crippen molar-refractivity contribution in [3.05, 3.63) is 22.2 Å². The van der Waals surface area contributed by atoms with Crippen LogP contribution in [0.3, 0.4) is 0 Å². The minimum absolute atomic E-state index is 0.447. The molecule has 2 rings (SSSR count). The highest BCUT2D eigenvalue weighted by Gasteiger charge is 2.07. The number of nitrogens with one attached hydrogen (secondary N) is 1. The van der Waals surface area contributed by atoms with E-state index in [4.69, 9.17) is 5.73 Å². The van der Waals surface area contributed by atoms with Crippen molar-refractivity contribution in [2.45, 2.75) is 5.33 Å². The van der Waals surface area contributed by atoms with Crippen LogP contribution < -0.4 is 5.73 Å². The van der Waals surface area contributed by atoms with E-state index in [9.17, 15) is 0 Å². The van der Waals surface area contributed by atoms with Gasteiger partial charge in [0.15, 0.2) is 5.95 Å². The average Bonchev–Trinajstić information content (AvgIpc) is 2.47. The minimum atomic E-state index is 0.447. The van der Waals surface area contributed by atoms with E-state index < -0.39 is 0 Å². The Balaban J connectivity index is 2.78. The van der Waals surface area contributed by atoms with Crippen LogP contribution in [0.4, 0.5) is 5.95 Å². The van der Waals surface area contributed by atoms with E-state index in [-0.39, 0.29) is 0 Å². The number of fused-ring (bicyclic) bond motifs is 1. The summed E-state index contributed by atoms with van der Waals surface area (Å²) in [6.07, 6.45) is 0. The number of aromatic nitrogens is 2. The lowest BCUT2D eigenvalue weighted by atomic mass is 10.2. The summed E-state index contributed by atoms with van der Waals surface area (Å²) in [6.45, 7) is 0. The SMILES string of the molecule is Nc1nc2c(Br)c(CBr)ccc2[nH]1. The normalized spacial score (nSPS) is 10.9. The molecule has 0 aliphatic rings. The van der Waals surface area contributed by atoms with Crippen molar-refractivity contribution in [3.8, 4) is 0 Å². The Hall–Kier alpha value is -0.550. The van der Waals surface area contributed by atoms with Gasteiger partial charge >= 0.3 is 0 Å². The Kier molecular flexibility index (Phi) is 2.29. The Bertz CT molecular complexity index is 450. The van der Waals surface area contributed by atoms with Crippen LogP contribution >= 0.6 is 31.9 Å². The second kappa shape index (κ2) is 3.31. The fourth-order valence-electron chi connectivity index (χ4n) is 1.21. The zero-order valence-corrected chi connectivity index (χ0v) is 9.81. The number of alkyl halides is 1. The molecule has 68 valence electrons. The molecular formula is C8H7Br2N3. The van der Waals surface area contributed by atoms with E-state index in [0.717, 1.165) is 20.8 Å². The van der Waals surface area contributed by atoms with Crippen molar-refractivity contribution < 1.29 is 0 Å². The third-order valence-electron chi connectivity index (χ3n) is 1.84. The molecule has 13 heavy (non-hydrogen) atoms. The molecule has 0 atom stereocenters. The summed E-state index contributed by atoms with van der Waals surface area (Å²) < 4.78 is 0.995. The topological polar surface area (TPSA) is 54.7 Å². The first kappa shape index (κ1) is 9.02. The summed E-state index contributed by atoms with van der Waals surface area (Å²) in [5, 5.41) is 0.802. The molecule has 5 heteroatoms. The maximum Gasteiger partial charge on any atom is 0.198 e. The third-order valence-corrected chi connectivity index (χ3v) is 3.32. The highest BCUT2D eigenvalue weighted by molar-refractivity contribution is 9.11. The number of benzene rings is 1. The van der Waals surface area contributed by atoms with Crippen LogP contribution in [0.1, 0.15) is 5.56 Å². The molecule has 0 unspecified atom stereocenters. The number of nitrogens with two attached hydrogens (primary N) is 1. The van der Waals surface area contributed by atoms with E-state index in [2.05, 4.69) is 41.8 Å². The van der Waals surface area contributed by atoms with Crippen LogP contribution in [0.2, 0.25) is 0 Å². The first-order valence-corrected chi connectivity index (χ1v) is 5.62. The van der Waals surface area contributed by atoms with Crippen LogP contribution in [0, 0.1) is 0 Å². The van der Waals surface area contributed by atoms with Gasteiger partial charge in [-0.25, -0.2) is 4.98 Å². The highest BCUT2D eigenvalue weighted by atomic mass is 79.9. The molecule has 3 nitrogen and oxygen atoms in total. The monoisotopic (exact) mass is 303 g/mol. The largest absolute Gasteiger partial charge is 0.369 e. The molecule has 0 saturated carbocycles. The third kappa shape index (κ3) is 1.46. The molecule has 1 heterocycles. The predicted molar refractivity (Wildman–Crippen MR) is 60.8 cm³/mol. The molecule has 0 radical (unpaired) electrons. The number of aromatic amines is 1. The number of nitrogen functional groups attached to an aromatic ring is 1. The van der Waals surface area contributed by atoms with Crippen molar-refractivity contribution in [1.29, 1.82) is 0 Å². The molecule has 1 aromatic carbocycles. The van der Waals surface area contributed by atoms with Crippen molar-refractivity contribution >= 4 is 48.8 Å². The number of imidazole rings is 1. The summed E-state index contributed by atoms with van der Waals surface area (Å²) in [4.78, 5) is 7.15. The average molecular weight is 305 g/mol. The van der Waals surface area contributed by atoms with Gasteiger partial charge in [-0.05, 0) is 27.6 Å². The van der Waals surface area contributed by atoms with E-state index in [1.54, 1.807) is 0 Å². The molecule has 0 fully saturated rings. The fourth-order valence-corrected chi connectivity index (χ4v) is 2.62. The Morgan fingerprint density at radius 2 is 2.23 bits per heavy atom. The van der Waals surface area contributed by atoms with Crippen molar-refractivity contribution in [2.75, 3.05) is 5.73 Å². The van der Waals surface area contributed by atoms with Crippen molar-refractivity contribution in [3.63, 3.8) is 0 Å². The van der Waals surface area contributed by atoms with Crippen LogP contribution in [0.15, 0.2) is 16.6 Å². The number of rotatable bonds is 1. The molecule has 0 spiro atoms. The van der Waals surface area contributed by atoms with E-state index in [1.165, 1.54) is 5.56 Å². The maximum atomic E-state index is 5.55. The van der Waals surface area contributed by atoms with Gasteiger partial charge in [-0.1, -0.05) is 22.0 Å². The van der Waals surface area contributed by atoms with Gasteiger partial charge in [0.1, 0.15) is 5.52 Å².